The molecule has 5 rings (SSSR count). The third kappa shape index (κ3) is 4.65. The van der Waals surface area contributed by atoms with Gasteiger partial charge in [0.2, 0.25) is 5.95 Å². The minimum atomic E-state index is 0.127. The van der Waals surface area contributed by atoms with E-state index in [0.717, 1.165) is 48.4 Å². The van der Waals surface area contributed by atoms with Crippen LogP contribution in [0.4, 0.5) is 11.6 Å². The summed E-state index contributed by atoms with van der Waals surface area (Å²) >= 11 is 0. The van der Waals surface area contributed by atoms with E-state index in [-0.39, 0.29) is 11.2 Å². The number of rotatable bonds is 7. The first-order chi connectivity index (χ1) is 16.7. The van der Waals surface area contributed by atoms with Crippen LogP contribution in [0, 0.1) is 12.8 Å². The first-order valence-corrected chi connectivity index (χ1v) is 12.2. The third-order valence-corrected chi connectivity index (χ3v) is 7.42. The number of carbonyl (C=O) groups is 1. The summed E-state index contributed by atoms with van der Waals surface area (Å²) in [5.41, 5.74) is 6.72. The van der Waals surface area contributed by atoms with Crippen molar-refractivity contribution >= 4 is 17.4 Å². The molecule has 0 spiro atoms. The van der Waals surface area contributed by atoms with Gasteiger partial charge in [0.05, 0.1) is 12.8 Å². The van der Waals surface area contributed by atoms with Gasteiger partial charge in [0.25, 0.3) is 0 Å². The van der Waals surface area contributed by atoms with Crippen molar-refractivity contribution in [2.24, 2.45) is 5.92 Å². The number of methoxy groups -OCH3 is 1. The number of carbonyl (C=O) groups excluding carboxylic acids is 1. The van der Waals surface area contributed by atoms with Gasteiger partial charge in [-0.05, 0) is 67.5 Å². The third-order valence-electron chi connectivity index (χ3n) is 7.42. The van der Waals surface area contributed by atoms with Crippen molar-refractivity contribution in [3.63, 3.8) is 0 Å². The summed E-state index contributed by atoms with van der Waals surface area (Å²) in [7, 11) is 3.69. The van der Waals surface area contributed by atoms with Crippen LogP contribution in [-0.4, -0.2) is 52.9 Å². The quantitative estimate of drug-likeness (QED) is 0.488. The van der Waals surface area contributed by atoms with Gasteiger partial charge in [0.15, 0.2) is 5.78 Å². The Kier molecular flexibility index (Phi) is 6.05. The second kappa shape index (κ2) is 9.04. The Morgan fingerprint density at radius 2 is 2.03 bits per heavy atom. The number of hydrogen-bond donors (Lipinski definition) is 1. The molecule has 35 heavy (non-hydrogen) atoms. The van der Waals surface area contributed by atoms with Crippen LogP contribution in [0.5, 0.6) is 5.75 Å². The van der Waals surface area contributed by atoms with Crippen molar-refractivity contribution < 1.29 is 9.53 Å². The fraction of sp³-hybridized carbons (Fsp3) is 0.429. The molecule has 0 bridgehead atoms. The van der Waals surface area contributed by atoms with Crippen LogP contribution in [0.2, 0.25) is 0 Å². The summed E-state index contributed by atoms with van der Waals surface area (Å²) in [6.07, 6.45) is 6.33. The molecular weight excluding hydrogens is 438 g/mol. The number of nitrogens with one attached hydrogen (secondary N) is 1. The smallest absolute Gasteiger partial charge is 0.227 e. The molecule has 1 N–H and O–H groups in total. The summed E-state index contributed by atoms with van der Waals surface area (Å²) in [6.45, 7) is 8.43. The summed E-state index contributed by atoms with van der Waals surface area (Å²) < 4.78 is 5.51. The molecule has 0 radical (unpaired) electrons. The van der Waals surface area contributed by atoms with E-state index in [2.05, 4.69) is 42.2 Å². The van der Waals surface area contributed by atoms with E-state index < -0.39 is 0 Å². The topological polar surface area (TPSA) is 80.2 Å². The Balaban J connectivity index is 1.42. The molecule has 1 aromatic carbocycles. The number of benzene rings is 1. The van der Waals surface area contributed by atoms with Crippen LogP contribution < -0.4 is 10.1 Å². The number of aryl methyl sites for hydroxylation is 1. The van der Waals surface area contributed by atoms with Crippen molar-refractivity contribution in [3.8, 4) is 17.0 Å². The predicted octanol–water partition coefficient (Wildman–Crippen LogP) is 4.96. The second-order valence-corrected chi connectivity index (χ2v) is 10.6. The number of Topliss-reactive ketones (excluding diaryl/α,β-unsaturated/α-hetero) is 1. The average molecular weight is 472 g/mol. The van der Waals surface area contributed by atoms with Crippen LogP contribution in [0.3, 0.4) is 0 Å². The second-order valence-electron chi connectivity index (χ2n) is 10.6. The fourth-order valence-corrected chi connectivity index (χ4v) is 5.24. The Morgan fingerprint density at radius 1 is 1.23 bits per heavy atom. The van der Waals surface area contributed by atoms with E-state index >= 15 is 0 Å². The van der Waals surface area contributed by atoms with Crippen molar-refractivity contribution in [2.45, 2.75) is 45.4 Å². The largest absolute Gasteiger partial charge is 0.497 e. The maximum absolute atomic E-state index is 13.1. The van der Waals surface area contributed by atoms with E-state index in [9.17, 15) is 4.79 Å². The van der Waals surface area contributed by atoms with Gasteiger partial charge in [-0.2, -0.15) is 0 Å². The number of likely N-dealkylation sites (tertiary alicyclic amines) is 1. The molecule has 1 aliphatic carbocycles. The lowest BCUT2D eigenvalue weighted by atomic mass is 9.86. The Labute approximate surface area is 207 Å². The molecule has 2 aliphatic rings. The molecule has 7 nitrogen and oxygen atoms in total. The van der Waals surface area contributed by atoms with E-state index in [1.165, 1.54) is 11.3 Å². The van der Waals surface area contributed by atoms with Gasteiger partial charge in [0.1, 0.15) is 5.75 Å². The Hall–Kier alpha value is -3.32. The van der Waals surface area contributed by atoms with Crippen molar-refractivity contribution in [1.29, 1.82) is 0 Å². The predicted molar refractivity (Wildman–Crippen MR) is 138 cm³/mol. The maximum Gasteiger partial charge on any atom is 0.227 e. The van der Waals surface area contributed by atoms with Gasteiger partial charge in [0, 0.05) is 60.5 Å². The molecule has 3 heterocycles. The fourth-order valence-electron chi connectivity index (χ4n) is 5.24. The minimum Gasteiger partial charge on any atom is -0.497 e. The highest BCUT2D eigenvalue weighted by molar-refractivity contribution is 5.99. The molecule has 0 unspecified atom stereocenters. The molecule has 0 saturated carbocycles. The summed E-state index contributed by atoms with van der Waals surface area (Å²) in [4.78, 5) is 29.2. The van der Waals surface area contributed by atoms with E-state index in [4.69, 9.17) is 14.7 Å². The molecule has 7 heteroatoms. The average Bonchev–Trinajstić information content (AvgIpc) is 3.13. The zero-order valence-electron chi connectivity index (χ0n) is 21.2. The molecule has 3 aromatic rings. The normalized spacial score (nSPS) is 17.1. The molecule has 0 amide bonds. The minimum absolute atomic E-state index is 0.127. The highest BCUT2D eigenvalue weighted by atomic mass is 16.5. The monoisotopic (exact) mass is 471 g/mol. The molecule has 1 saturated heterocycles. The maximum atomic E-state index is 13.1. The van der Waals surface area contributed by atoms with E-state index in [1.54, 1.807) is 13.3 Å². The summed E-state index contributed by atoms with van der Waals surface area (Å²) in [6, 6.07) is 7.84. The number of nitrogens with zero attached hydrogens (tertiary/aromatic N) is 4. The zero-order chi connectivity index (χ0) is 24.7. The Bertz CT molecular complexity index is 1280. The number of aromatic nitrogens is 3. The van der Waals surface area contributed by atoms with E-state index in [1.807, 2.05) is 31.3 Å². The Morgan fingerprint density at radius 3 is 2.77 bits per heavy atom. The molecular formula is C28H33N5O2. The van der Waals surface area contributed by atoms with Gasteiger partial charge in [-0.25, -0.2) is 9.97 Å². The van der Waals surface area contributed by atoms with Gasteiger partial charge < -0.3 is 15.0 Å². The van der Waals surface area contributed by atoms with Gasteiger partial charge in [-0.1, -0.05) is 13.8 Å². The summed E-state index contributed by atoms with van der Waals surface area (Å²) in [5.74, 6) is 1.66. The first-order valence-electron chi connectivity index (χ1n) is 12.2. The zero-order valence-corrected chi connectivity index (χ0v) is 21.2. The molecule has 1 aliphatic heterocycles. The molecule has 182 valence electrons. The lowest BCUT2D eigenvalue weighted by molar-refractivity contribution is 0.0835. The van der Waals surface area contributed by atoms with Crippen molar-refractivity contribution in [3.05, 3.63) is 59.0 Å². The van der Waals surface area contributed by atoms with Crippen LogP contribution in [0.1, 0.15) is 53.9 Å². The first kappa shape index (κ1) is 23.4. The van der Waals surface area contributed by atoms with Crippen LogP contribution >= 0.6 is 0 Å². The standard InChI is InChI=1S/C28H33N5O2/c1-17-21(26(34)10-18-15-33(4)16-18)12-20(35-5)13-25(17)32-27-29-9-7-23(31-27)19-11-22-24(30-14-19)6-8-28(22,2)3/h7,9,11-14,18H,6,8,10,15-16H2,1-5H3,(H,29,31,32). The summed E-state index contributed by atoms with van der Waals surface area (Å²) in [5, 5.41) is 3.33. The van der Waals surface area contributed by atoms with E-state index in [0.29, 0.717) is 29.6 Å². The van der Waals surface area contributed by atoms with Gasteiger partial charge >= 0.3 is 0 Å². The molecule has 2 aromatic heterocycles. The SMILES string of the molecule is COc1cc(Nc2nccc(-c3cnc4c(c3)C(C)(C)CC4)n2)c(C)c(C(=O)CC2CN(C)C2)c1. The van der Waals surface area contributed by atoms with Crippen LogP contribution in [0.15, 0.2) is 36.7 Å². The lowest BCUT2D eigenvalue weighted by Gasteiger charge is -2.35. The van der Waals surface area contributed by atoms with Gasteiger partial charge in [-0.3, -0.25) is 9.78 Å². The number of fused-ring (bicyclic) bond motifs is 1. The van der Waals surface area contributed by atoms with Crippen LogP contribution in [0.25, 0.3) is 11.3 Å². The lowest BCUT2D eigenvalue weighted by Crippen LogP contribution is -2.44. The number of ketones is 1. The number of anilines is 2. The highest BCUT2D eigenvalue weighted by Crippen LogP contribution is 2.39. The van der Waals surface area contributed by atoms with Crippen molar-refractivity contribution in [1.82, 2.24) is 19.9 Å². The highest BCUT2D eigenvalue weighted by Gasteiger charge is 2.31. The van der Waals surface area contributed by atoms with Crippen molar-refractivity contribution in [2.75, 3.05) is 32.6 Å². The van der Waals surface area contributed by atoms with Crippen LogP contribution in [-0.2, 0) is 11.8 Å². The molecule has 1 fully saturated rings. The van der Waals surface area contributed by atoms with Gasteiger partial charge in [-0.15, -0.1) is 0 Å². The number of pyridine rings is 1. The number of ether oxygens (including phenoxy) is 1. The number of hydrogen-bond acceptors (Lipinski definition) is 7. The molecule has 0 atom stereocenters.